The lowest BCUT2D eigenvalue weighted by atomic mass is 9.98. The first-order valence-corrected chi connectivity index (χ1v) is 9.52. The van der Waals surface area contributed by atoms with E-state index in [0.29, 0.717) is 0 Å². The van der Waals surface area contributed by atoms with Crippen LogP contribution in [0.3, 0.4) is 0 Å². The van der Waals surface area contributed by atoms with Crippen molar-refractivity contribution in [2.24, 2.45) is 0 Å². The maximum absolute atomic E-state index is 12.7. The van der Waals surface area contributed by atoms with Gasteiger partial charge in [0.15, 0.2) is 0 Å². The van der Waals surface area contributed by atoms with Crippen LogP contribution in [0.1, 0.15) is 31.7 Å². The number of nitrogens with one attached hydrogen (secondary N) is 2. The number of para-hydroxylation sites is 1. The molecule has 0 aliphatic carbocycles. The predicted octanol–water partition coefficient (Wildman–Crippen LogP) is 2.50. The number of aromatic amines is 2. The average molecular weight is 374 g/mol. The van der Waals surface area contributed by atoms with E-state index in [1.165, 1.54) is 18.2 Å². The lowest BCUT2D eigenvalue weighted by molar-refractivity contribution is 0.480. The standard InChI is InChI=1S/C18H18N2O5S/c1-3-11(2)13-6-4-5-7-16(13)25-26(23,24)12-8-9-15-14(10-12)17(21)20-18(22)19-15/h4-11H,3H2,1-2H3,(H2,19,20,21,22). The summed E-state index contributed by atoms with van der Waals surface area (Å²) < 4.78 is 30.7. The van der Waals surface area contributed by atoms with Crippen LogP contribution in [0.25, 0.3) is 10.9 Å². The van der Waals surface area contributed by atoms with E-state index in [2.05, 4.69) is 9.97 Å². The van der Waals surface area contributed by atoms with Crippen LogP contribution in [0.5, 0.6) is 5.75 Å². The van der Waals surface area contributed by atoms with E-state index in [0.717, 1.165) is 12.0 Å². The lowest BCUT2D eigenvalue weighted by Crippen LogP contribution is -2.22. The summed E-state index contributed by atoms with van der Waals surface area (Å²) in [5.74, 6) is 0.392. The quantitative estimate of drug-likeness (QED) is 0.667. The number of fused-ring (bicyclic) bond motifs is 1. The fourth-order valence-corrected chi connectivity index (χ4v) is 3.63. The number of rotatable bonds is 5. The summed E-state index contributed by atoms with van der Waals surface area (Å²) in [6, 6.07) is 10.8. The monoisotopic (exact) mass is 374 g/mol. The molecule has 1 atom stereocenters. The zero-order valence-corrected chi connectivity index (χ0v) is 15.1. The molecular weight excluding hydrogens is 356 g/mol. The van der Waals surface area contributed by atoms with Gasteiger partial charge in [-0.1, -0.05) is 32.0 Å². The van der Waals surface area contributed by atoms with Gasteiger partial charge in [0.1, 0.15) is 10.6 Å². The molecule has 0 saturated heterocycles. The molecule has 0 radical (unpaired) electrons. The van der Waals surface area contributed by atoms with Crippen LogP contribution in [-0.4, -0.2) is 18.4 Å². The normalized spacial score (nSPS) is 12.8. The Morgan fingerprint density at radius 1 is 1.08 bits per heavy atom. The summed E-state index contributed by atoms with van der Waals surface area (Å²) in [6.07, 6.45) is 0.832. The molecule has 0 aliphatic heterocycles. The zero-order valence-electron chi connectivity index (χ0n) is 14.3. The molecule has 0 saturated carbocycles. The van der Waals surface area contributed by atoms with Crippen LogP contribution in [0.4, 0.5) is 0 Å². The number of hydrogen-bond acceptors (Lipinski definition) is 5. The largest absolute Gasteiger partial charge is 0.379 e. The molecule has 8 heteroatoms. The maximum Gasteiger partial charge on any atom is 0.339 e. The SMILES string of the molecule is CCC(C)c1ccccc1OS(=O)(=O)c1ccc2[nH]c(=O)[nH]c(=O)c2c1. The topological polar surface area (TPSA) is 109 Å². The summed E-state index contributed by atoms with van der Waals surface area (Å²) in [7, 11) is -4.14. The Hall–Kier alpha value is -2.87. The van der Waals surface area contributed by atoms with E-state index in [-0.39, 0.29) is 27.5 Å². The van der Waals surface area contributed by atoms with Gasteiger partial charge in [-0.3, -0.25) is 9.78 Å². The van der Waals surface area contributed by atoms with Crippen molar-refractivity contribution >= 4 is 21.0 Å². The van der Waals surface area contributed by atoms with E-state index < -0.39 is 21.4 Å². The van der Waals surface area contributed by atoms with Gasteiger partial charge >= 0.3 is 15.8 Å². The molecule has 0 aliphatic rings. The molecule has 136 valence electrons. The van der Waals surface area contributed by atoms with Gasteiger partial charge in [-0.05, 0) is 42.2 Å². The Kier molecular flexibility index (Phi) is 4.69. The molecule has 0 amide bonds. The summed E-state index contributed by atoms with van der Waals surface area (Å²) in [6.45, 7) is 3.99. The van der Waals surface area contributed by atoms with Crippen molar-refractivity contribution in [3.05, 3.63) is 68.9 Å². The number of aromatic nitrogens is 2. The van der Waals surface area contributed by atoms with Gasteiger partial charge in [-0.2, -0.15) is 8.42 Å². The smallest absolute Gasteiger partial charge is 0.339 e. The number of hydrogen-bond donors (Lipinski definition) is 2. The molecule has 0 fully saturated rings. The van der Waals surface area contributed by atoms with Crippen molar-refractivity contribution in [3.8, 4) is 5.75 Å². The van der Waals surface area contributed by atoms with Crippen molar-refractivity contribution in [3.63, 3.8) is 0 Å². The molecule has 1 unspecified atom stereocenters. The minimum Gasteiger partial charge on any atom is -0.379 e. The highest BCUT2D eigenvalue weighted by Gasteiger charge is 2.21. The van der Waals surface area contributed by atoms with Crippen LogP contribution < -0.4 is 15.4 Å². The van der Waals surface area contributed by atoms with Crippen LogP contribution >= 0.6 is 0 Å². The maximum atomic E-state index is 12.7. The van der Waals surface area contributed by atoms with Gasteiger partial charge in [-0.25, -0.2) is 4.79 Å². The highest BCUT2D eigenvalue weighted by Crippen LogP contribution is 2.30. The van der Waals surface area contributed by atoms with Crippen LogP contribution in [0.15, 0.2) is 56.9 Å². The Balaban J connectivity index is 2.06. The van der Waals surface area contributed by atoms with Gasteiger partial charge in [0, 0.05) is 0 Å². The molecule has 1 aromatic heterocycles. The molecule has 3 aromatic rings. The molecule has 0 bridgehead atoms. The van der Waals surface area contributed by atoms with Gasteiger partial charge in [0.25, 0.3) is 5.56 Å². The molecule has 2 aromatic carbocycles. The third-order valence-corrected chi connectivity index (χ3v) is 5.49. The van der Waals surface area contributed by atoms with Crippen molar-refractivity contribution < 1.29 is 12.6 Å². The Morgan fingerprint density at radius 3 is 2.54 bits per heavy atom. The van der Waals surface area contributed by atoms with Crippen LogP contribution in [0, 0.1) is 0 Å². The molecule has 26 heavy (non-hydrogen) atoms. The number of benzene rings is 2. The van der Waals surface area contributed by atoms with E-state index in [1.807, 2.05) is 26.0 Å². The summed E-state index contributed by atoms with van der Waals surface area (Å²) in [5, 5.41) is 0.0597. The zero-order chi connectivity index (χ0) is 18.9. The summed E-state index contributed by atoms with van der Waals surface area (Å²) >= 11 is 0. The molecule has 1 heterocycles. The fourth-order valence-electron chi connectivity index (χ4n) is 2.65. The van der Waals surface area contributed by atoms with Gasteiger partial charge < -0.3 is 9.17 Å². The Morgan fingerprint density at radius 2 is 1.81 bits per heavy atom. The minimum atomic E-state index is -4.14. The molecule has 7 nitrogen and oxygen atoms in total. The summed E-state index contributed by atoms with van der Waals surface area (Å²) in [5.41, 5.74) is -0.281. The molecular formula is C18H18N2O5S. The molecule has 2 N–H and O–H groups in total. The van der Waals surface area contributed by atoms with Crippen LogP contribution in [-0.2, 0) is 10.1 Å². The minimum absolute atomic E-state index is 0.0597. The Bertz CT molecular complexity index is 1180. The first kappa shape index (κ1) is 17.9. The van der Waals surface area contributed by atoms with Gasteiger partial charge in [0.2, 0.25) is 0 Å². The van der Waals surface area contributed by atoms with Crippen molar-refractivity contribution in [1.82, 2.24) is 9.97 Å². The second-order valence-corrected chi connectivity index (χ2v) is 7.55. The second-order valence-electron chi connectivity index (χ2n) is 6.00. The summed E-state index contributed by atoms with van der Waals surface area (Å²) in [4.78, 5) is 27.6. The van der Waals surface area contributed by atoms with E-state index in [1.54, 1.807) is 12.1 Å². The highest BCUT2D eigenvalue weighted by atomic mass is 32.2. The van der Waals surface area contributed by atoms with Crippen molar-refractivity contribution in [1.29, 1.82) is 0 Å². The highest BCUT2D eigenvalue weighted by molar-refractivity contribution is 7.87. The fraction of sp³-hybridized carbons (Fsp3) is 0.222. The van der Waals surface area contributed by atoms with Crippen molar-refractivity contribution in [2.45, 2.75) is 31.1 Å². The third-order valence-electron chi connectivity index (χ3n) is 4.26. The molecule has 0 spiro atoms. The lowest BCUT2D eigenvalue weighted by Gasteiger charge is -2.15. The second kappa shape index (κ2) is 6.80. The van der Waals surface area contributed by atoms with Crippen molar-refractivity contribution in [2.75, 3.05) is 0 Å². The van der Waals surface area contributed by atoms with E-state index in [9.17, 15) is 18.0 Å². The Labute approximate surface area is 149 Å². The van der Waals surface area contributed by atoms with E-state index >= 15 is 0 Å². The van der Waals surface area contributed by atoms with Gasteiger partial charge in [-0.15, -0.1) is 0 Å². The number of H-pyrrole nitrogens is 2. The first-order valence-electron chi connectivity index (χ1n) is 8.11. The molecule has 3 rings (SSSR count). The average Bonchev–Trinajstić information content (AvgIpc) is 2.60. The van der Waals surface area contributed by atoms with Gasteiger partial charge in [0.05, 0.1) is 10.9 Å². The van der Waals surface area contributed by atoms with E-state index in [4.69, 9.17) is 4.18 Å². The predicted molar refractivity (Wildman–Crippen MR) is 98.2 cm³/mol. The van der Waals surface area contributed by atoms with Crippen LogP contribution in [0.2, 0.25) is 0 Å². The third kappa shape index (κ3) is 3.41. The first-order chi connectivity index (χ1) is 12.3.